The molecule has 0 aliphatic heterocycles. The molecule has 1 atom stereocenters. The van der Waals surface area contributed by atoms with Gasteiger partial charge in [0.1, 0.15) is 0 Å². The molecule has 0 N–H and O–H groups in total. The molecule has 11 heavy (non-hydrogen) atoms. The zero-order valence-electron chi connectivity index (χ0n) is 6.45. The Morgan fingerprint density at radius 3 is 1.82 bits per heavy atom. The van der Waals surface area contributed by atoms with Crippen LogP contribution in [0.2, 0.25) is 0 Å². The van der Waals surface area contributed by atoms with Gasteiger partial charge in [0.05, 0.1) is 0 Å². The van der Waals surface area contributed by atoms with Crippen LogP contribution in [0.5, 0.6) is 0 Å². The molecule has 0 aromatic rings. The van der Waals surface area contributed by atoms with Gasteiger partial charge in [-0.3, -0.25) is 4.90 Å². The van der Waals surface area contributed by atoms with Crippen molar-refractivity contribution < 1.29 is 13.2 Å². The van der Waals surface area contributed by atoms with Crippen LogP contribution in [0, 0.1) is 0 Å². The number of hydrogen-bond acceptors (Lipinski definition) is 1. The minimum atomic E-state index is -3.18. The van der Waals surface area contributed by atoms with Crippen LogP contribution in [0.25, 0.3) is 0 Å². The first-order chi connectivity index (χ1) is 4.96. The fourth-order valence-electron chi connectivity index (χ4n) is 0.783. The molecule has 0 spiro atoms. The normalized spacial score (nSPS) is 17.5. The molecular formula is C6H11ClF3N. The molecule has 0 amide bonds. The van der Waals surface area contributed by atoms with Gasteiger partial charge in [0, 0.05) is 0 Å². The number of halogens is 4. The van der Waals surface area contributed by atoms with E-state index in [1.54, 1.807) is 13.8 Å². The van der Waals surface area contributed by atoms with Crippen LogP contribution in [0.3, 0.4) is 0 Å². The first-order valence-electron chi connectivity index (χ1n) is 3.37. The van der Waals surface area contributed by atoms with E-state index >= 15 is 0 Å². The second-order valence-corrected chi connectivity index (χ2v) is 2.59. The van der Waals surface area contributed by atoms with Crippen LogP contribution in [0.15, 0.2) is 0 Å². The summed E-state index contributed by atoms with van der Waals surface area (Å²) in [5.74, 6) is 0. The lowest BCUT2D eigenvalue weighted by Crippen LogP contribution is -2.45. The van der Waals surface area contributed by atoms with Crippen molar-refractivity contribution in [3.05, 3.63) is 0 Å². The Balaban J connectivity index is 4.24. The fourth-order valence-corrected chi connectivity index (χ4v) is 1.02. The molecule has 0 heterocycles. The summed E-state index contributed by atoms with van der Waals surface area (Å²) in [6.45, 7) is 3.48. The van der Waals surface area contributed by atoms with Crippen LogP contribution < -0.4 is 0 Å². The van der Waals surface area contributed by atoms with Gasteiger partial charge in [-0.05, 0) is 13.1 Å². The third-order valence-corrected chi connectivity index (χ3v) is 1.85. The van der Waals surface area contributed by atoms with E-state index < -0.39 is 11.7 Å². The fraction of sp³-hybridized carbons (Fsp3) is 1.00. The highest BCUT2D eigenvalue weighted by Gasteiger charge is 2.42. The highest BCUT2D eigenvalue weighted by molar-refractivity contribution is 6.22. The van der Waals surface area contributed by atoms with Crippen LogP contribution in [-0.4, -0.2) is 29.7 Å². The third kappa shape index (κ3) is 2.52. The van der Waals surface area contributed by atoms with E-state index in [4.69, 9.17) is 11.6 Å². The first kappa shape index (κ1) is 11.0. The first-order valence-corrected chi connectivity index (χ1v) is 3.75. The predicted octanol–water partition coefficient (Wildman–Crippen LogP) is 2.46. The van der Waals surface area contributed by atoms with Crippen LogP contribution in [0.4, 0.5) is 13.2 Å². The third-order valence-electron chi connectivity index (χ3n) is 1.45. The van der Waals surface area contributed by atoms with E-state index in [0.717, 1.165) is 4.90 Å². The molecule has 0 saturated heterocycles. The van der Waals surface area contributed by atoms with Crippen molar-refractivity contribution in [2.24, 2.45) is 0 Å². The number of alkyl halides is 4. The standard InChI is InChI=1S/C6H11ClF3N/c1-3-11(4-2)6(7,10)5(8)9/h5H,3-4H2,1-2H3. The molecule has 0 bridgehead atoms. The molecule has 1 unspecified atom stereocenters. The van der Waals surface area contributed by atoms with Crippen LogP contribution >= 0.6 is 11.6 Å². The Kier molecular flexibility index (Phi) is 4.18. The summed E-state index contributed by atoms with van der Waals surface area (Å²) in [4.78, 5) is 0.860. The van der Waals surface area contributed by atoms with E-state index in [-0.39, 0.29) is 13.1 Å². The Morgan fingerprint density at radius 1 is 1.36 bits per heavy atom. The SMILES string of the molecule is CCN(CC)C(F)(Cl)C(F)F. The van der Waals surface area contributed by atoms with Gasteiger partial charge in [0.25, 0.3) is 11.7 Å². The summed E-state index contributed by atoms with van der Waals surface area (Å²) in [5, 5.41) is -3.01. The molecule has 5 heteroatoms. The summed E-state index contributed by atoms with van der Waals surface area (Å²) in [6, 6.07) is 0. The smallest absolute Gasteiger partial charge is 0.254 e. The molecule has 0 aliphatic carbocycles. The highest BCUT2D eigenvalue weighted by Crippen LogP contribution is 2.29. The van der Waals surface area contributed by atoms with E-state index in [1.807, 2.05) is 0 Å². The molecule has 0 fully saturated rings. The molecule has 68 valence electrons. The van der Waals surface area contributed by atoms with Crippen molar-refractivity contribution in [1.29, 1.82) is 0 Å². The molecule has 0 rings (SSSR count). The number of rotatable bonds is 4. The van der Waals surface area contributed by atoms with Gasteiger partial charge in [-0.2, -0.15) is 0 Å². The highest BCUT2D eigenvalue weighted by atomic mass is 35.5. The maximum atomic E-state index is 12.8. The zero-order valence-corrected chi connectivity index (χ0v) is 7.21. The average Bonchev–Trinajstić information content (AvgIpc) is 1.89. The topological polar surface area (TPSA) is 3.24 Å². The molecule has 1 nitrogen and oxygen atoms in total. The summed E-state index contributed by atoms with van der Waals surface area (Å²) < 4.78 is 36.6. The van der Waals surface area contributed by atoms with Crippen molar-refractivity contribution in [3.63, 3.8) is 0 Å². The van der Waals surface area contributed by atoms with Gasteiger partial charge in [-0.25, -0.2) is 13.2 Å². The maximum Gasteiger partial charge on any atom is 0.300 e. The molecule has 0 aliphatic rings. The van der Waals surface area contributed by atoms with Crippen molar-refractivity contribution >= 4 is 11.6 Å². The number of hydrogen-bond donors (Lipinski definition) is 0. The van der Waals surface area contributed by atoms with Crippen molar-refractivity contribution in [1.82, 2.24) is 4.90 Å². The van der Waals surface area contributed by atoms with Crippen LogP contribution in [-0.2, 0) is 0 Å². The Bertz CT molecular complexity index is 114. The average molecular weight is 190 g/mol. The van der Waals surface area contributed by atoms with E-state index in [2.05, 4.69) is 0 Å². The largest absolute Gasteiger partial charge is 0.300 e. The summed E-state index contributed by atoms with van der Waals surface area (Å²) >= 11 is 4.95. The van der Waals surface area contributed by atoms with Crippen molar-refractivity contribution in [2.45, 2.75) is 25.5 Å². The zero-order chi connectivity index (χ0) is 9.07. The Hall–Kier alpha value is 0.0400. The number of nitrogens with zero attached hydrogens (tertiary/aromatic N) is 1. The van der Waals surface area contributed by atoms with Gasteiger partial charge in [-0.1, -0.05) is 25.4 Å². The minimum absolute atomic E-state index is 0.167. The molecule has 0 radical (unpaired) electrons. The van der Waals surface area contributed by atoms with Crippen LogP contribution in [0.1, 0.15) is 13.8 Å². The van der Waals surface area contributed by atoms with E-state index in [9.17, 15) is 13.2 Å². The quantitative estimate of drug-likeness (QED) is 0.485. The molecule has 0 saturated carbocycles. The van der Waals surface area contributed by atoms with Crippen molar-refractivity contribution in [2.75, 3.05) is 13.1 Å². The lowest BCUT2D eigenvalue weighted by atomic mass is 10.4. The van der Waals surface area contributed by atoms with E-state index in [0.29, 0.717) is 0 Å². The molecule has 0 aromatic heterocycles. The predicted molar refractivity (Wildman–Crippen MR) is 38.6 cm³/mol. The Morgan fingerprint density at radius 2 is 1.73 bits per heavy atom. The molecular weight excluding hydrogens is 179 g/mol. The van der Waals surface area contributed by atoms with Gasteiger partial charge in [0.15, 0.2) is 0 Å². The van der Waals surface area contributed by atoms with Gasteiger partial charge < -0.3 is 0 Å². The van der Waals surface area contributed by atoms with E-state index in [1.165, 1.54) is 0 Å². The van der Waals surface area contributed by atoms with Gasteiger partial charge in [-0.15, -0.1) is 0 Å². The second kappa shape index (κ2) is 4.16. The summed E-state index contributed by atoms with van der Waals surface area (Å²) in [5.41, 5.74) is 0. The monoisotopic (exact) mass is 189 g/mol. The summed E-state index contributed by atoms with van der Waals surface area (Å²) in [6.07, 6.45) is -3.18. The van der Waals surface area contributed by atoms with Crippen molar-refractivity contribution in [3.8, 4) is 0 Å². The lowest BCUT2D eigenvalue weighted by molar-refractivity contribution is -0.0777. The maximum absolute atomic E-state index is 12.8. The Labute approximate surface area is 69.1 Å². The summed E-state index contributed by atoms with van der Waals surface area (Å²) in [7, 11) is 0. The minimum Gasteiger partial charge on any atom is -0.254 e. The second-order valence-electron chi connectivity index (χ2n) is 2.06. The molecule has 0 aromatic carbocycles. The van der Waals surface area contributed by atoms with Gasteiger partial charge >= 0.3 is 0 Å². The lowest BCUT2D eigenvalue weighted by Gasteiger charge is -2.29. The van der Waals surface area contributed by atoms with Gasteiger partial charge in [0.2, 0.25) is 0 Å².